The van der Waals surface area contributed by atoms with Crippen LogP contribution < -0.4 is 9.62 Å². The largest absolute Gasteiger partial charge is 0.354 e. The summed E-state index contributed by atoms with van der Waals surface area (Å²) in [7, 11) is -4.10. The lowest BCUT2D eigenvalue weighted by Crippen LogP contribution is -2.52. The molecule has 0 bridgehead atoms. The Labute approximate surface area is 238 Å². The molecule has 0 heterocycles. The van der Waals surface area contributed by atoms with Gasteiger partial charge >= 0.3 is 0 Å². The van der Waals surface area contributed by atoms with Gasteiger partial charge in [0.15, 0.2) is 0 Å². The maximum absolute atomic E-state index is 13.9. The van der Waals surface area contributed by atoms with Gasteiger partial charge in [-0.2, -0.15) is 0 Å². The fourth-order valence-corrected chi connectivity index (χ4v) is 5.89. The molecule has 202 valence electrons. The maximum atomic E-state index is 13.9. The van der Waals surface area contributed by atoms with Crippen molar-refractivity contribution < 1.29 is 18.0 Å². The van der Waals surface area contributed by atoms with Crippen molar-refractivity contribution in [2.24, 2.45) is 0 Å². The number of sulfonamides is 1. The molecule has 1 atom stereocenters. The highest BCUT2D eigenvalue weighted by Gasteiger charge is 2.33. The van der Waals surface area contributed by atoms with Crippen LogP contribution in [0.2, 0.25) is 5.02 Å². The van der Waals surface area contributed by atoms with Crippen molar-refractivity contribution in [1.82, 2.24) is 10.2 Å². The number of halogens is 2. The molecule has 3 aromatic rings. The van der Waals surface area contributed by atoms with Crippen molar-refractivity contribution in [1.29, 1.82) is 0 Å². The number of hydrogen-bond donors (Lipinski definition) is 1. The first kappa shape index (κ1) is 29.7. The number of rotatable bonds is 12. The van der Waals surface area contributed by atoms with Gasteiger partial charge in [-0.05, 0) is 60.9 Å². The Hall–Kier alpha value is -2.88. The summed E-state index contributed by atoms with van der Waals surface area (Å²) in [5.74, 6) is -0.783. The molecule has 0 radical (unpaired) electrons. The van der Waals surface area contributed by atoms with Gasteiger partial charge in [0, 0.05) is 22.6 Å². The zero-order valence-electron chi connectivity index (χ0n) is 21.3. The van der Waals surface area contributed by atoms with Crippen molar-refractivity contribution in [3.8, 4) is 0 Å². The summed E-state index contributed by atoms with van der Waals surface area (Å²) in [5, 5.41) is 3.42. The third kappa shape index (κ3) is 7.58. The molecule has 0 aliphatic heterocycles. The molecule has 0 saturated carbocycles. The Morgan fingerprint density at radius 1 is 0.974 bits per heavy atom. The topological polar surface area (TPSA) is 86.8 Å². The smallest absolute Gasteiger partial charge is 0.264 e. The van der Waals surface area contributed by atoms with Crippen LogP contribution in [0.3, 0.4) is 0 Å². The minimum Gasteiger partial charge on any atom is -0.354 e. The summed E-state index contributed by atoms with van der Waals surface area (Å²) in [4.78, 5) is 28.5. The molecular weight excluding hydrogens is 590 g/mol. The zero-order chi connectivity index (χ0) is 27.7. The summed E-state index contributed by atoms with van der Waals surface area (Å²) in [6.45, 7) is 3.88. The van der Waals surface area contributed by atoms with Crippen molar-refractivity contribution >= 4 is 55.1 Å². The van der Waals surface area contributed by atoms with Gasteiger partial charge in [-0.1, -0.05) is 77.8 Å². The summed E-state index contributed by atoms with van der Waals surface area (Å²) >= 11 is 9.44. The van der Waals surface area contributed by atoms with Gasteiger partial charge in [0.1, 0.15) is 12.6 Å². The summed E-state index contributed by atoms with van der Waals surface area (Å²) in [6.07, 6.45) is 1.11. The normalized spacial score (nSPS) is 12.0. The van der Waals surface area contributed by atoms with E-state index < -0.39 is 28.5 Å². The Kier molecular flexibility index (Phi) is 10.8. The number of carbonyl (C=O) groups excluding carboxylic acids is 2. The predicted molar refractivity (Wildman–Crippen MR) is 154 cm³/mol. The second-order valence-electron chi connectivity index (χ2n) is 8.67. The molecule has 0 aliphatic rings. The van der Waals surface area contributed by atoms with Gasteiger partial charge in [0.25, 0.3) is 10.0 Å². The number of nitrogens with zero attached hydrogens (tertiary/aromatic N) is 2. The molecule has 1 N–H and O–H groups in total. The molecule has 3 aromatic carbocycles. The lowest BCUT2D eigenvalue weighted by atomic mass is 10.1. The Morgan fingerprint density at radius 3 is 2.26 bits per heavy atom. The average Bonchev–Trinajstić information content (AvgIpc) is 2.91. The van der Waals surface area contributed by atoms with E-state index in [0.717, 1.165) is 16.3 Å². The van der Waals surface area contributed by atoms with Crippen molar-refractivity contribution in [3.05, 3.63) is 93.9 Å². The number of carbonyl (C=O) groups is 2. The predicted octanol–water partition coefficient (Wildman–Crippen LogP) is 5.63. The minimum absolute atomic E-state index is 0.0600. The number of anilines is 1. The molecule has 3 rings (SSSR count). The van der Waals surface area contributed by atoms with Crippen LogP contribution in [0.4, 0.5) is 5.69 Å². The molecule has 0 fully saturated rings. The van der Waals surface area contributed by atoms with E-state index in [1.807, 2.05) is 13.8 Å². The van der Waals surface area contributed by atoms with Crippen LogP contribution in [-0.4, -0.2) is 44.3 Å². The summed E-state index contributed by atoms with van der Waals surface area (Å²) in [5.41, 5.74) is 1.09. The van der Waals surface area contributed by atoms with Gasteiger partial charge in [-0.3, -0.25) is 13.9 Å². The van der Waals surface area contributed by atoms with Crippen LogP contribution >= 0.6 is 27.5 Å². The summed E-state index contributed by atoms with van der Waals surface area (Å²) in [6, 6.07) is 20.9. The zero-order valence-corrected chi connectivity index (χ0v) is 24.5. The Balaban J connectivity index is 2.03. The van der Waals surface area contributed by atoms with Crippen LogP contribution in [0.5, 0.6) is 0 Å². The molecule has 10 heteroatoms. The first-order chi connectivity index (χ1) is 18.2. The van der Waals surface area contributed by atoms with E-state index in [4.69, 9.17) is 11.6 Å². The van der Waals surface area contributed by atoms with E-state index in [9.17, 15) is 18.0 Å². The SMILES string of the molecule is CCCNC(=O)[C@H](CC)N(Cc1ccc(Cl)cc1)C(=O)CN(c1cccc(Br)c1)S(=O)(=O)c1ccccc1. The van der Waals surface area contributed by atoms with E-state index >= 15 is 0 Å². The molecule has 0 aromatic heterocycles. The van der Waals surface area contributed by atoms with E-state index in [1.165, 1.54) is 17.0 Å². The second-order valence-corrected chi connectivity index (χ2v) is 11.9. The van der Waals surface area contributed by atoms with Gasteiger partial charge in [0.2, 0.25) is 11.8 Å². The van der Waals surface area contributed by atoms with Crippen LogP contribution in [0.15, 0.2) is 88.2 Å². The Morgan fingerprint density at radius 2 is 1.66 bits per heavy atom. The van der Waals surface area contributed by atoms with Gasteiger partial charge in [-0.25, -0.2) is 8.42 Å². The molecule has 38 heavy (non-hydrogen) atoms. The standard InChI is InChI=1S/C28H31BrClN3O4S/c1-3-17-31-28(35)26(4-2)32(19-21-13-15-23(30)16-14-21)27(34)20-33(24-10-8-9-22(29)18-24)38(36,37)25-11-6-5-7-12-25/h5-16,18,26H,3-4,17,19-20H2,1-2H3,(H,31,35)/t26-/m0/s1. The number of amides is 2. The number of benzene rings is 3. The molecule has 7 nitrogen and oxygen atoms in total. The van der Waals surface area contributed by atoms with Crippen molar-refractivity contribution in [3.63, 3.8) is 0 Å². The van der Waals surface area contributed by atoms with E-state index in [-0.39, 0.29) is 17.3 Å². The first-order valence-electron chi connectivity index (χ1n) is 12.3. The van der Waals surface area contributed by atoms with Crippen LogP contribution in [0, 0.1) is 0 Å². The third-order valence-electron chi connectivity index (χ3n) is 5.91. The lowest BCUT2D eigenvalue weighted by Gasteiger charge is -2.33. The van der Waals surface area contributed by atoms with Gasteiger partial charge < -0.3 is 10.2 Å². The van der Waals surface area contributed by atoms with E-state index in [0.29, 0.717) is 28.1 Å². The van der Waals surface area contributed by atoms with Crippen molar-refractivity contribution in [2.75, 3.05) is 17.4 Å². The van der Waals surface area contributed by atoms with Gasteiger partial charge in [-0.15, -0.1) is 0 Å². The molecule has 0 aliphatic carbocycles. The Bertz CT molecular complexity index is 1340. The molecule has 0 spiro atoms. The monoisotopic (exact) mass is 619 g/mol. The molecule has 2 amide bonds. The summed E-state index contributed by atoms with van der Waals surface area (Å²) < 4.78 is 29.3. The highest BCUT2D eigenvalue weighted by atomic mass is 79.9. The molecule has 0 saturated heterocycles. The van der Waals surface area contributed by atoms with Gasteiger partial charge in [0.05, 0.1) is 10.6 Å². The van der Waals surface area contributed by atoms with Crippen LogP contribution in [0.25, 0.3) is 0 Å². The van der Waals surface area contributed by atoms with E-state index in [1.54, 1.807) is 66.7 Å². The van der Waals surface area contributed by atoms with Crippen LogP contribution in [0.1, 0.15) is 32.3 Å². The lowest BCUT2D eigenvalue weighted by molar-refractivity contribution is -0.140. The number of nitrogens with one attached hydrogen (secondary N) is 1. The third-order valence-corrected chi connectivity index (χ3v) is 8.44. The maximum Gasteiger partial charge on any atom is 0.264 e. The molecule has 0 unspecified atom stereocenters. The fourth-order valence-electron chi connectivity index (χ4n) is 3.95. The molecular formula is C28H31BrClN3O4S. The highest BCUT2D eigenvalue weighted by molar-refractivity contribution is 9.10. The average molecular weight is 621 g/mol. The minimum atomic E-state index is -4.10. The quantitative estimate of drug-likeness (QED) is 0.284. The van der Waals surface area contributed by atoms with Crippen LogP contribution in [-0.2, 0) is 26.2 Å². The second kappa shape index (κ2) is 13.8. The van der Waals surface area contributed by atoms with Crippen molar-refractivity contribution in [2.45, 2.75) is 44.2 Å². The number of hydrogen-bond acceptors (Lipinski definition) is 4. The first-order valence-corrected chi connectivity index (χ1v) is 14.9. The highest BCUT2D eigenvalue weighted by Crippen LogP contribution is 2.27. The fraction of sp³-hybridized carbons (Fsp3) is 0.286. The van der Waals surface area contributed by atoms with E-state index in [2.05, 4.69) is 21.2 Å².